The first kappa shape index (κ1) is 16.9. The second-order valence-electron chi connectivity index (χ2n) is 5.98. The van der Waals surface area contributed by atoms with Crippen LogP contribution in [0.15, 0.2) is 28.1 Å². The molecule has 0 saturated carbocycles. The van der Waals surface area contributed by atoms with Crippen molar-refractivity contribution in [2.24, 2.45) is 0 Å². The van der Waals surface area contributed by atoms with Gasteiger partial charge in [0.25, 0.3) is 0 Å². The first-order valence-corrected chi connectivity index (χ1v) is 9.02. The zero-order valence-corrected chi connectivity index (χ0v) is 15.9. The lowest BCUT2D eigenvalue weighted by atomic mass is 9.93. The van der Waals surface area contributed by atoms with Gasteiger partial charge < -0.3 is 5.32 Å². The summed E-state index contributed by atoms with van der Waals surface area (Å²) >= 11 is 11.6. The van der Waals surface area contributed by atoms with E-state index < -0.39 is 0 Å². The van der Waals surface area contributed by atoms with Crippen LogP contribution in [-0.4, -0.2) is 11.5 Å². The largest absolute Gasteiger partial charge is 0.304 e. The average molecular weight is 388 g/mol. The van der Waals surface area contributed by atoms with Crippen molar-refractivity contribution in [3.05, 3.63) is 49.3 Å². The molecular formula is C16H20BrClN2S. The van der Waals surface area contributed by atoms with E-state index in [1.54, 1.807) is 11.3 Å². The van der Waals surface area contributed by atoms with Gasteiger partial charge in [-0.3, -0.25) is 0 Å². The normalized spacial score (nSPS) is 13.4. The van der Waals surface area contributed by atoms with E-state index >= 15 is 0 Å². The van der Waals surface area contributed by atoms with Gasteiger partial charge in [-0.1, -0.05) is 55.2 Å². The molecule has 0 radical (unpaired) electrons. The number of benzene rings is 1. The maximum absolute atomic E-state index is 6.39. The second-order valence-corrected chi connectivity index (χ2v) is 8.19. The summed E-state index contributed by atoms with van der Waals surface area (Å²) in [5.41, 5.74) is 2.24. The van der Waals surface area contributed by atoms with Crippen LogP contribution in [0.2, 0.25) is 5.02 Å². The third-order valence-corrected chi connectivity index (χ3v) is 4.96. The smallest absolute Gasteiger partial charge is 0.114 e. The lowest BCUT2D eigenvalue weighted by Gasteiger charge is -2.19. The van der Waals surface area contributed by atoms with Gasteiger partial charge in [0.05, 0.1) is 11.7 Å². The van der Waals surface area contributed by atoms with E-state index in [0.29, 0.717) is 0 Å². The van der Waals surface area contributed by atoms with Gasteiger partial charge in [0.1, 0.15) is 5.01 Å². The second kappa shape index (κ2) is 6.78. The van der Waals surface area contributed by atoms with E-state index in [9.17, 15) is 0 Å². The molecule has 0 fully saturated rings. The maximum atomic E-state index is 6.39. The Morgan fingerprint density at radius 1 is 1.38 bits per heavy atom. The quantitative estimate of drug-likeness (QED) is 0.743. The lowest BCUT2D eigenvalue weighted by molar-refractivity contribution is 0.562. The van der Waals surface area contributed by atoms with Crippen molar-refractivity contribution >= 4 is 38.9 Å². The molecule has 1 N–H and O–H groups in total. The highest BCUT2D eigenvalue weighted by atomic mass is 79.9. The Morgan fingerprint density at radius 3 is 2.67 bits per heavy atom. The lowest BCUT2D eigenvalue weighted by Crippen LogP contribution is -2.22. The minimum absolute atomic E-state index is 0.0288. The summed E-state index contributed by atoms with van der Waals surface area (Å²) in [6.45, 7) is 9.50. The minimum atomic E-state index is 0.0288. The zero-order valence-electron chi connectivity index (χ0n) is 12.7. The molecule has 5 heteroatoms. The number of thiazole rings is 1. The fourth-order valence-corrected chi connectivity index (χ4v) is 3.78. The first-order valence-electron chi connectivity index (χ1n) is 6.97. The van der Waals surface area contributed by atoms with Gasteiger partial charge in [-0.15, -0.1) is 11.3 Å². The molecule has 1 aromatic carbocycles. The number of rotatable bonds is 4. The van der Waals surface area contributed by atoms with Crippen LogP contribution in [0.4, 0.5) is 0 Å². The molecule has 21 heavy (non-hydrogen) atoms. The van der Waals surface area contributed by atoms with Crippen LogP contribution in [-0.2, 0) is 5.41 Å². The Kier molecular flexibility index (Phi) is 5.47. The minimum Gasteiger partial charge on any atom is -0.304 e. The van der Waals surface area contributed by atoms with E-state index in [-0.39, 0.29) is 11.5 Å². The molecule has 2 rings (SSSR count). The Labute approximate surface area is 144 Å². The maximum Gasteiger partial charge on any atom is 0.114 e. The van der Waals surface area contributed by atoms with Gasteiger partial charge in [-0.2, -0.15) is 0 Å². The highest BCUT2D eigenvalue weighted by Gasteiger charge is 2.23. The molecular weight excluding hydrogens is 368 g/mol. The van der Waals surface area contributed by atoms with Crippen LogP contribution < -0.4 is 5.32 Å². The molecule has 1 atom stereocenters. The molecule has 0 aliphatic carbocycles. The molecule has 0 amide bonds. The Bertz CT molecular complexity index is 619. The topological polar surface area (TPSA) is 24.9 Å². The van der Waals surface area contributed by atoms with Gasteiger partial charge >= 0.3 is 0 Å². The Balaban J connectivity index is 2.44. The van der Waals surface area contributed by atoms with E-state index in [1.807, 2.05) is 12.1 Å². The number of hydrogen-bond acceptors (Lipinski definition) is 3. The van der Waals surface area contributed by atoms with Crippen LogP contribution in [0.1, 0.15) is 50.0 Å². The molecule has 1 heterocycles. The molecule has 1 unspecified atom stereocenters. The van der Waals surface area contributed by atoms with Gasteiger partial charge in [0.2, 0.25) is 0 Å². The third kappa shape index (κ3) is 4.07. The van der Waals surface area contributed by atoms with Crippen molar-refractivity contribution in [3.8, 4) is 0 Å². The van der Waals surface area contributed by atoms with E-state index in [1.165, 1.54) is 0 Å². The molecule has 0 bridgehead atoms. The van der Waals surface area contributed by atoms with Crippen molar-refractivity contribution < 1.29 is 0 Å². The fourth-order valence-electron chi connectivity index (χ4n) is 2.03. The predicted octanol–water partition coefficient (Wildman–Crippen LogP) is 5.56. The van der Waals surface area contributed by atoms with Crippen molar-refractivity contribution in [1.29, 1.82) is 0 Å². The monoisotopic (exact) mass is 386 g/mol. The van der Waals surface area contributed by atoms with Gasteiger partial charge in [0.15, 0.2) is 0 Å². The molecule has 2 aromatic rings. The van der Waals surface area contributed by atoms with Crippen LogP contribution in [0.25, 0.3) is 0 Å². The first-order chi connectivity index (χ1) is 9.82. The van der Waals surface area contributed by atoms with Crippen LogP contribution in [0, 0.1) is 0 Å². The summed E-state index contributed by atoms with van der Waals surface area (Å²) in [4.78, 5) is 4.83. The highest BCUT2D eigenvalue weighted by Crippen LogP contribution is 2.34. The number of aromatic nitrogens is 1. The average Bonchev–Trinajstić information content (AvgIpc) is 2.88. The number of halogens is 2. The number of nitrogens with one attached hydrogen (secondary N) is 1. The Morgan fingerprint density at radius 2 is 2.10 bits per heavy atom. The highest BCUT2D eigenvalue weighted by molar-refractivity contribution is 9.10. The predicted molar refractivity (Wildman–Crippen MR) is 95.5 cm³/mol. The summed E-state index contributed by atoms with van der Waals surface area (Å²) in [6.07, 6.45) is 0. The van der Waals surface area contributed by atoms with Crippen molar-refractivity contribution in [2.75, 3.05) is 6.54 Å². The van der Waals surface area contributed by atoms with Crippen molar-refractivity contribution in [3.63, 3.8) is 0 Å². The van der Waals surface area contributed by atoms with Gasteiger partial charge in [0, 0.05) is 20.3 Å². The zero-order chi connectivity index (χ0) is 15.6. The Hall–Kier alpha value is -0.420. The molecule has 0 aliphatic heterocycles. The van der Waals surface area contributed by atoms with Crippen molar-refractivity contribution in [1.82, 2.24) is 10.3 Å². The summed E-state index contributed by atoms with van der Waals surface area (Å²) in [5.74, 6) is 0. The molecule has 114 valence electrons. The third-order valence-electron chi connectivity index (χ3n) is 3.21. The molecule has 1 aromatic heterocycles. The summed E-state index contributed by atoms with van der Waals surface area (Å²) in [6, 6.07) is 5.97. The standard InChI is InChI=1S/C16H20BrClN2S/c1-5-19-14(11-8-10(17)6-7-12(11)18)15-20-13(9-21-15)16(2,3)4/h6-9,14,19H,5H2,1-4H3. The van der Waals surface area contributed by atoms with E-state index in [0.717, 1.165) is 32.3 Å². The summed E-state index contributed by atoms with van der Waals surface area (Å²) in [5, 5.41) is 7.45. The summed E-state index contributed by atoms with van der Waals surface area (Å²) < 4.78 is 1.03. The van der Waals surface area contributed by atoms with Gasteiger partial charge in [-0.25, -0.2) is 4.98 Å². The number of nitrogens with zero attached hydrogens (tertiary/aromatic N) is 1. The van der Waals surface area contributed by atoms with Crippen LogP contribution in [0.5, 0.6) is 0 Å². The van der Waals surface area contributed by atoms with Crippen LogP contribution in [0.3, 0.4) is 0 Å². The van der Waals surface area contributed by atoms with Gasteiger partial charge in [-0.05, 0) is 30.3 Å². The molecule has 2 nitrogen and oxygen atoms in total. The van der Waals surface area contributed by atoms with E-state index in [2.05, 4.69) is 60.4 Å². The van der Waals surface area contributed by atoms with E-state index in [4.69, 9.17) is 16.6 Å². The van der Waals surface area contributed by atoms with Crippen LogP contribution >= 0.6 is 38.9 Å². The summed E-state index contributed by atoms with van der Waals surface area (Å²) in [7, 11) is 0. The molecule has 0 saturated heterocycles. The SMILES string of the molecule is CCNC(c1nc(C(C)(C)C)cs1)c1cc(Br)ccc1Cl. The van der Waals surface area contributed by atoms with Crippen molar-refractivity contribution in [2.45, 2.75) is 39.2 Å². The number of hydrogen-bond donors (Lipinski definition) is 1. The fraction of sp³-hybridized carbons (Fsp3) is 0.438. The molecule has 0 aliphatic rings. The molecule has 0 spiro atoms.